The number of aromatic nitrogens is 2. The number of hydrogen-bond donors (Lipinski definition) is 3. The fourth-order valence-electron chi connectivity index (χ4n) is 10.5. The van der Waals surface area contributed by atoms with Gasteiger partial charge in [0.05, 0.1) is 43.2 Å². The normalized spacial score (nSPS) is 12.7. The highest BCUT2D eigenvalue weighted by molar-refractivity contribution is 5.97. The van der Waals surface area contributed by atoms with Crippen molar-refractivity contribution in [2.45, 2.75) is 52.6 Å². The summed E-state index contributed by atoms with van der Waals surface area (Å²) in [6, 6.07) is 44.0. The van der Waals surface area contributed by atoms with Gasteiger partial charge in [-0.25, -0.2) is 19.4 Å². The van der Waals surface area contributed by atoms with Gasteiger partial charge in [-0.05, 0) is 118 Å². The summed E-state index contributed by atoms with van der Waals surface area (Å²) in [5.41, 5.74) is 13.7. The zero-order valence-corrected chi connectivity index (χ0v) is 48.1. The zero-order chi connectivity index (χ0) is 58.7. The van der Waals surface area contributed by atoms with Gasteiger partial charge in [-0.3, -0.25) is 9.79 Å². The Morgan fingerprint density at radius 1 is 0.627 bits per heavy atom. The summed E-state index contributed by atoms with van der Waals surface area (Å²) in [6.45, 7) is 15.6. The number of aliphatic imine (C=N–C) groups is 1. The van der Waals surface area contributed by atoms with Crippen molar-refractivity contribution in [2.75, 3.05) is 90.4 Å². The second-order valence-corrected chi connectivity index (χ2v) is 19.8. The van der Waals surface area contributed by atoms with Crippen molar-refractivity contribution in [2.24, 2.45) is 4.99 Å². The molecule has 0 aliphatic heterocycles. The molecular formula is C66H73N8O9-. The highest BCUT2D eigenvalue weighted by Crippen LogP contribution is 2.46. The van der Waals surface area contributed by atoms with Crippen molar-refractivity contribution >= 4 is 64.6 Å². The van der Waals surface area contributed by atoms with Crippen LogP contribution in [0.2, 0.25) is 0 Å². The first-order valence-corrected chi connectivity index (χ1v) is 28.2. The van der Waals surface area contributed by atoms with Crippen LogP contribution in [-0.4, -0.2) is 129 Å². The quantitative estimate of drug-likeness (QED) is 0.0170. The first-order chi connectivity index (χ1) is 40.4. The summed E-state index contributed by atoms with van der Waals surface area (Å²) >= 11 is 0. The van der Waals surface area contributed by atoms with Crippen LogP contribution in [0.1, 0.15) is 78.7 Å². The molecule has 432 valence electrons. The van der Waals surface area contributed by atoms with E-state index in [2.05, 4.69) is 116 Å². The van der Waals surface area contributed by atoms with Crippen LogP contribution < -0.4 is 21.1 Å². The zero-order valence-electron chi connectivity index (χ0n) is 48.1. The number of fused-ring (bicyclic) bond motifs is 7. The number of ether oxygens (including phenoxy) is 4. The SMILES string of the molecule is CCN(CC)CCNc1ccc(/C=C/C(=O)OC)cc1NC(=O)CNC(=O)OCC1c2ccccc2-c2ccccc21.CCN(CC)CCn1c(CN=C([O-])OCC2c3ccccc3-c3ccccc32)nc2cc(/C=C/C(=O)OC)ccc21. The predicted molar refractivity (Wildman–Crippen MR) is 325 cm³/mol. The molecule has 0 radical (unpaired) electrons. The van der Waals surface area contributed by atoms with Crippen molar-refractivity contribution in [3.05, 3.63) is 185 Å². The van der Waals surface area contributed by atoms with E-state index in [4.69, 9.17) is 19.2 Å². The monoisotopic (exact) mass is 1120 g/mol. The lowest BCUT2D eigenvalue weighted by molar-refractivity contribution is -0.251. The Morgan fingerprint density at radius 3 is 1.65 bits per heavy atom. The molecule has 0 bridgehead atoms. The molecule has 2 aliphatic carbocycles. The van der Waals surface area contributed by atoms with E-state index in [0.717, 1.165) is 94.9 Å². The Morgan fingerprint density at radius 2 is 1.12 bits per heavy atom. The Hall–Kier alpha value is -9.06. The molecule has 9 rings (SSSR count). The fourth-order valence-corrected chi connectivity index (χ4v) is 10.5. The van der Waals surface area contributed by atoms with Gasteiger partial charge >= 0.3 is 18.0 Å². The number of methoxy groups -OCH3 is 2. The number of esters is 2. The fraction of sp³-hybridized carbons (Fsp3) is 0.303. The molecule has 1 heterocycles. The van der Waals surface area contributed by atoms with Gasteiger partial charge in [0.15, 0.2) is 0 Å². The van der Waals surface area contributed by atoms with Gasteiger partial charge < -0.3 is 54.4 Å². The minimum absolute atomic E-state index is 0.0170. The van der Waals surface area contributed by atoms with E-state index >= 15 is 0 Å². The standard InChI is InChI=1S/C33H38N4O5.C33H36N4O4/c1-4-37(5-2)19-18-34-29-16-14-23(15-17-32(39)41-3)20-30(29)36-31(38)21-35-33(40)42-22-28-26-12-8-6-10-24(26)25-11-7-9-13-27(25)28;1-4-36(5-2)18-19-37-30-16-14-23(15-17-32(38)40-3)20-29(30)35-31(37)21-34-33(39)41-22-28-26-12-8-6-10-24(26)25-11-7-9-13-27(25)28/h6-17,20,28,34H,4-5,18-19,21-22H2,1-3H3,(H,35,40)(H,36,38);6-17,20,28H,4-5,18-19,21-22H2,1-3H3,(H,34,39)/p-1/b2*17-15+. The van der Waals surface area contributed by atoms with E-state index in [9.17, 15) is 24.3 Å². The first kappa shape index (κ1) is 60.0. The highest BCUT2D eigenvalue weighted by Gasteiger charge is 2.30. The maximum Gasteiger partial charge on any atom is 0.407 e. The van der Waals surface area contributed by atoms with Crippen molar-refractivity contribution in [3.8, 4) is 22.3 Å². The van der Waals surface area contributed by atoms with Gasteiger partial charge in [0.25, 0.3) is 0 Å². The maximum atomic E-state index is 12.8. The van der Waals surface area contributed by atoms with E-state index in [1.807, 2.05) is 78.9 Å². The van der Waals surface area contributed by atoms with Crippen LogP contribution in [0.5, 0.6) is 0 Å². The lowest BCUT2D eigenvalue weighted by atomic mass is 9.98. The minimum atomic E-state index is -0.667. The summed E-state index contributed by atoms with van der Waals surface area (Å²) in [5, 5.41) is 21.6. The molecule has 83 heavy (non-hydrogen) atoms. The van der Waals surface area contributed by atoms with Crippen LogP contribution in [-0.2, 0) is 46.4 Å². The number of carbonyl (C=O) groups is 4. The first-order valence-electron chi connectivity index (χ1n) is 28.2. The number of nitrogens with one attached hydrogen (secondary N) is 3. The molecule has 17 heteroatoms. The Labute approximate surface area is 485 Å². The number of hydrogen-bond acceptors (Lipinski definition) is 14. The summed E-state index contributed by atoms with van der Waals surface area (Å²) in [7, 11) is 2.66. The molecule has 6 aromatic carbocycles. The second-order valence-electron chi connectivity index (χ2n) is 19.8. The summed E-state index contributed by atoms with van der Waals surface area (Å²) in [4.78, 5) is 62.2. The van der Waals surface area contributed by atoms with Crippen LogP contribution in [0.15, 0.2) is 151 Å². The van der Waals surface area contributed by atoms with Gasteiger partial charge in [-0.2, -0.15) is 0 Å². The predicted octanol–water partition coefficient (Wildman–Crippen LogP) is 9.71. The molecule has 0 fully saturated rings. The average molecular weight is 1120 g/mol. The van der Waals surface area contributed by atoms with Gasteiger partial charge in [-0.15, -0.1) is 0 Å². The number of imidazole rings is 1. The molecule has 17 nitrogen and oxygen atoms in total. The summed E-state index contributed by atoms with van der Waals surface area (Å²) in [6.07, 6.45) is 4.73. The number of amides is 2. The molecule has 0 saturated carbocycles. The van der Waals surface area contributed by atoms with E-state index < -0.39 is 30.0 Å². The van der Waals surface area contributed by atoms with Crippen LogP contribution in [0.25, 0.3) is 45.4 Å². The van der Waals surface area contributed by atoms with Crippen molar-refractivity contribution < 1.29 is 43.2 Å². The van der Waals surface area contributed by atoms with Crippen LogP contribution in [0.3, 0.4) is 0 Å². The summed E-state index contributed by atoms with van der Waals surface area (Å²) < 4.78 is 22.7. The number of nitrogens with zero attached hydrogens (tertiary/aromatic N) is 5. The minimum Gasteiger partial charge on any atom is -0.599 e. The molecule has 2 aliphatic rings. The Bertz CT molecular complexity index is 3380. The molecule has 0 spiro atoms. The van der Waals surface area contributed by atoms with E-state index in [1.54, 1.807) is 18.2 Å². The van der Waals surface area contributed by atoms with Gasteiger partial charge in [0, 0.05) is 56.8 Å². The number of carbonyl (C=O) groups excluding carboxylic acids is 4. The van der Waals surface area contributed by atoms with E-state index in [-0.39, 0.29) is 38.1 Å². The molecule has 0 atom stereocenters. The second kappa shape index (κ2) is 29.6. The summed E-state index contributed by atoms with van der Waals surface area (Å²) in [5.74, 6) is -0.703. The van der Waals surface area contributed by atoms with Crippen molar-refractivity contribution in [1.29, 1.82) is 0 Å². The van der Waals surface area contributed by atoms with E-state index in [1.165, 1.54) is 37.5 Å². The number of anilines is 2. The third-order valence-corrected chi connectivity index (χ3v) is 15.0. The van der Waals surface area contributed by atoms with Crippen LogP contribution >= 0.6 is 0 Å². The topological polar surface area (TPSA) is 201 Å². The number of benzene rings is 6. The Balaban J connectivity index is 0.000000217. The molecule has 1 aromatic heterocycles. The van der Waals surface area contributed by atoms with Crippen molar-refractivity contribution in [3.63, 3.8) is 0 Å². The van der Waals surface area contributed by atoms with Crippen molar-refractivity contribution in [1.82, 2.24) is 24.7 Å². The molecule has 7 aromatic rings. The highest BCUT2D eigenvalue weighted by atomic mass is 16.6. The van der Waals surface area contributed by atoms with Crippen LogP contribution in [0.4, 0.5) is 16.2 Å². The van der Waals surface area contributed by atoms with Gasteiger partial charge in [-0.1, -0.05) is 137 Å². The molecular weight excluding hydrogens is 1050 g/mol. The van der Waals surface area contributed by atoms with Gasteiger partial charge in [0.2, 0.25) is 5.91 Å². The third kappa shape index (κ3) is 15.5. The number of likely N-dealkylation sites (N-methyl/N-ethyl adjacent to an activating group) is 2. The molecule has 3 N–H and O–H groups in total. The average Bonchev–Trinajstić information content (AvgIpc) is 3.74. The van der Waals surface area contributed by atoms with E-state index in [0.29, 0.717) is 30.2 Å². The third-order valence-electron chi connectivity index (χ3n) is 15.0. The van der Waals surface area contributed by atoms with Gasteiger partial charge in [0.1, 0.15) is 25.1 Å². The molecule has 0 saturated heterocycles. The lowest BCUT2D eigenvalue weighted by Gasteiger charge is -2.21. The Kier molecular flexibility index (Phi) is 21.4. The number of alkyl carbamates (subject to hydrolysis) is 1. The maximum absolute atomic E-state index is 12.8. The van der Waals surface area contributed by atoms with Crippen LogP contribution in [0, 0.1) is 0 Å². The molecule has 0 unspecified atom stereocenters. The number of rotatable bonds is 24. The molecule has 2 amide bonds. The smallest absolute Gasteiger partial charge is 0.407 e. The lowest BCUT2D eigenvalue weighted by Crippen LogP contribution is -2.34. The largest absolute Gasteiger partial charge is 0.599 e.